The third kappa shape index (κ3) is 4.96. The molecule has 0 N–H and O–H groups in total. The van der Waals surface area contributed by atoms with Crippen LogP contribution in [0.3, 0.4) is 0 Å². The highest BCUT2D eigenvalue weighted by Gasteiger charge is 2.09. The van der Waals surface area contributed by atoms with Gasteiger partial charge in [-0.15, -0.1) is 0 Å². The third-order valence-corrected chi connectivity index (χ3v) is 2.98. The summed E-state index contributed by atoms with van der Waals surface area (Å²) in [5.41, 5.74) is 0. The third-order valence-electron chi connectivity index (χ3n) is 0.994. The van der Waals surface area contributed by atoms with Crippen molar-refractivity contribution < 1.29 is 8.85 Å². The van der Waals surface area contributed by atoms with Gasteiger partial charge in [-0.2, -0.15) is 12.6 Å². The fourth-order valence-corrected chi connectivity index (χ4v) is 2.01. The second-order valence-electron chi connectivity index (χ2n) is 1.61. The molecule has 9 heavy (non-hydrogen) atoms. The van der Waals surface area contributed by atoms with Crippen molar-refractivity contribution in [2.24, 2.45) is 0 Å². The van der Waals surface area contributed by atoms with Crippen LogP contribution in [0.25, 0.3) is 0 Å². The molecular weight excluding hydrogens is 152 g/mol. The van der Waals surface area contributed by atoms with Gasteiger partial charge in [-0.1, -0.05) is 0 Å². The van der Waals surface area contributed by atoms with E-state index in [-0.39, 0.29) is 0 Å². The Hall–Kier alpha value is 0.487. The molecule has 0 aliphatic rings. The van der Waals surface area contributed by atoms with Crippen LogP contribution in [0.1, 0.15) is 6.42 Å². The molecule has 0 rings (SSSR count). The lowest BCUT2D eigenvalue weighted by atomic mass is 10.6. The maximum absolute atomic E-state index is 5.05. The van der Waals surface area contributed by atoms with Gasteiger partial charge in [0.25, 0.3) is 0 Å². The summed E-state index contributed by atoms with van der Waals surface area (Å²) in [4.78, 5) is 0. The Bertz CT molecular complexity index is 58.9. The molecule has 1 radical (unpaired) electrons. The van der Waals surface area contributed by atoms with Gasteiger partial charge in [0.15, 0.2) is 0 Å². The van der Waals surface area contributed by atoms with Crippen LogP contribution in [-0.4, -0.2) is 29.3 Å². The van der Waals surface area contributed by atoms with Gasteiger partial charge in [0.05, 0.1) is 0 Å². The van der Waals surface area contributed by atoms with Gasteiger partial charge in [0.2, 0.25) is 0 Å². The van der Waals surface area contributed by atoms with E-state index in [0.717, 1.165) is 18.2 Å². The Morgan fingerprint density at radius 3 is 2.22 bits per heavy atom. The maximum Gasteiger partial charge on any atom is 0.384 e. The van der Waals surface area contributed by atoms with E-state index in [1.54, 1.807) is 14.2 Å². The van der Waals surface area contributed by atoms with Crippen LogP contribution in [0.5, 0.6) is 0 Å². The molecular formula is C5H13O2SSi. The summed E-state index contributed by atoms with van der Waals surface area (Å²) in [6.45, 7) is 0. The van der Waals surface area contributed by atoms with Crippen molar-refractivity contribution in [3.8, 4) is 0 Å². The lowest BCUT2D eigenvalue weighted by Gasteiger charge is -2.06. The molecule has 2 nitrogen and oxygen atoms in total. The normalized spacial score (nSPS) is 10.7. The molecule has 0 aromatic heterocycles. The molecule has 0 saturated heterocycles. The molecule has 0 amide bonds. The first-order valence-corrected chi connectivity index (χ1v) is 5.05. The summed E-state index contributed by atoms with van der Waals surface area (Å²) in [5.74, 6) is 0.918. The van der Waals surface area contributed by atoms with Crippen LogP contribution in [0.4, 0.5) is 0 Å². The zero-order valence-electron chi connectivity index (χ0n) is 5.89. The zero-order valence-corrected chi connectivity index (χ0v) is 7.78. The van der Waals surface area contributed by atoms with Crippen molar-refractivity contribution in [2.45, 2.75) is 12.5 Å². The van der Waals surface area contributed by atoms with Gasteiger partial charge in [-0.05, 0) is 18.2 Å². The SMILES string of the molecule is CO[Si](CCCS)OC. The molecule has 0 atom stereocenters. The topological polar surface area (TPSA) is 18.5 Å². The highest BCUT2D eigenvalue weighted by molar-refractivity contribution is 7.80. The molecule has 0 saturated carbocycles. The van der Waals surface area contributed by atoms with Crippen LogP contribution in [0.15, 0.2) is 0 Å². The summed E-state index contributed by atoms with van der Waals surface area (Å²) in [7, 11) is 2.45. The van der Waals surface area contributed by atoms with E-state index >= 15 is 0 Å². The molecule has 0 bridgehead atoms. The van der Waals surface area contributed by atoms with E-state index in [1.807, 2.05) is 0 Å². The minimum absolute atomic E-state index is 0.918. The first kappa shape index (κ1) is 9.49. The Morgan fingerprint density at radius 2 is 1.89 bits per heavy atom. The van der Waals surface area contributed by atoms with E-state index in [0.29, 0.717) is 0 Å². The van der Waals surface area contributed by atoms with Gasteiger partial charge in [-0.25, -0.2) is 0 Å². The predicted molar refractivity (Wildman–Crippen MR) is 43.0 cm³/mol. The van der Waals surface area contributed by atoms with E-state index < -0.39 is 9.28 Å². The van der Waals surface area contributed by atoms with E-state index in [9.17, 15) is 0 Å². The minimum Gasteiger partial charge on any atom is -0.397 e. The predicted octanol–water partition coefficient (Wildman–Crippen LogP) is 1.09. The van der Waals surface area contributed by atoms with Crippen LogP contribution in [-0.2, 0) is 8.85 Å². The van der Waals surface area contributed by atoms with Gasteiger partial charge in [0.1, 0.15) is 0 Å². The molecule has 0 spiro atoms. The molecule has 0 aromatic carbocycles. The van der Waals surface area contributed by atoms with Crippen LogP contribution < -0.4 is 0 Å². The molecule has 0 aromatic rings. The fraction of sp³-hybridized carbons (Fsp3) is 1.00. The molecule has 55 valence electrons. The Labute approximate surface area is 63.8 Å². The van der Waals surface area contributed by atoms with E-state index in [4.69, 9.17) is 8.85 Å². The van der Waals surface area contributed by atoms with Gasteiger partial charge >= 0.3 is 9.28 Å². The summed E-state index contributed by atoms with van der Waals surface area (Å²) in [6, 6.07) is 1.03. The molecule has 4 heteroatoms. The first-order chi connectivity index (χ1) is 4.35. The van der Waals surface area contributed by atoms with Crippen LogP contribution in [0, 0.1) is 0 Å². The number of hydrogen-bond acceptors (Lipinski definition) is 3. The molecule has 0 aliphatic carbocycles. The van der Waals surface area contributed by atoms with Crippen LogP contribution >= 0.6 is 12.6 Å². The van der Waals surface area contributed by atoms with Crippen molar-refractivity contribution in [1.29, 1.82) is 0 Å². The summed E-state index contributed by atoms with van der Waals surface area (Å²) in [5, 5.41) is 0. The standard InChI is InChI=1S/C5H13O2SSi/c1-6-9(7-2)5-3-4-8/h8H,3-5H2,1-2H3. The molecule has 0 aliphatic heterocycles. The second kappa shape index (κ2) is 6.60. The van der Waals surface area contributed by atoms with Crippen molar-refractivity contribution >= 4 is 21.9 Å². The molecule has 0 fully saturated rings. The largest absolute Gasteiger partial charge is 0.397 e. The van der Waals surface area contributed by atoms with E-state index in [1.165, 1.54) is 0 Å². The first-order valence-electron chi connectivity index (χ1n) is 2.89. The van der Waals surface area contributed by atoms with Crippen molar-refractivity contribution in [3.63, 3.8) is 0 Å². The Morgan fingerprint density at radius 1 is 1.33 bits per heavy atom. The highest BCUT2D eigenvalue weighted by atomic mass is 32.1. The van der Waals surface area contributed by atoms with Gasteiger partial charge in [0, 0.05) is 14.2 Å². The fourth-order valence-electron chi connectivity index (χ4n) is 0.511. The monoisotopic (exact) mass is 165 g/mol. The zero-order chi connectivity index (χ0) is 7.11. The second-order valence-corrected chi connectivity index (χ2v) is 4.12. The average Bonchev–Trinajstić information content (AvgIpc) is 1.91. The van der Waals surface area contributed by atoms with Crippen LogP contribution in [0.2, 0.25) is 6.04 Å². The lowest BCUT2D eigenvalue weighted by molar-refractivity contribution is 0.277. The van der Waals surface area contributed by atoms with Crippen molar-refractivity contribution in [3.05, 3.63) is 0 Å². The molecule has 0 unspecified atom stereocenters. The van der Waals surface area contributed by atoms with Crippen molar-refractivity contribution in [2.75, 3.05) is 20.0 Å². The molecule has 0 heterocycles. The Balaban J connectivity index is 3.09. The van der Waals surface area contributed by atoms with Gasteiger partial charge < -0.3 is 8.85 Å². The van der Waals surface area contributed by atoms with Gasteiger partial charge in [-0.3, -0.25) is 0 Å². The number of hydrogen-bond donors (Lipinski definition) is 1. The summed E-state index contributed by atoms with van der Waals surface area (Å²) < 4.78 is 10.1. The minimum atomic E-state index is -0.935. The smallest absolute Gasteiger partial charge is 0.384 e. The van der Waals surface area contributed by atoms with Crippen molar-refractivity contribution in [1.82, 2.24) is 0 Å². The number of rotatable bonds is 5. The maximum atomic E-state index is 5.05. The highest BCUT2D eigenvalue weighted by Crippen LogP contribution is 1.99. The average molecular weight is 165 g/mol. The quantitative estimate of drug-likeness (QED) is 0.485. The van der Waals surface area contributed by atoms with E-state index in [2.05, 4.69) is 12.6 Å². The lowest BCUT2D eigenvalue weighted by Crippen LogP contribution is -2.18. The summed E-state index contributed by atoms with van der Waals surface area (Å²) in [6.07, 6.45) is 1.08. The summed E-state index contributed by atoms with van der Waals surface area (Å²) >= 11 is 4.08. The Kier molecular flexibility index (Phi) is 6.96. The number of thiol groups is 1.